The summed E-state index contributed by atoms with van der Waals surface area (Å²) in [6.45, 7) is 0.734. The minimum absolute atomic E-state index is 0.0686. The average Bonchev–Trinajstić information content (AvgIpc) is 2.85. The summed E-state index contributed by atoms with van der Waals surface area (Å²) < 4.78 is 15.0. The number of β-amino-alcohol motifs (C(OH)–C–C–N with tert-alkyl or cyclic N) is 1. The second kappa shape index (κ2) is 8.96. The molecule has 0 aliphatic carbocycles. The number of nitrogens with zero attached hydrogens (tertiary/aromatic N) is 4. The Morgan fingerprint density at radius 3 is 2.48 bits per heavy atom. The van der Waals surface area contributed by atoms with Crippen molar-refractivity contribution in [2.75, 3.05) is 11.4 Å². The first kappa shape index (κ1) is 21.0. The first-order chi connectivity index (χ1) is 16.1. The van der Waals surface area contributed by atoms with Gasteiger partial charge in [0, 0.05) is 30.6 Å². The summed E-state index contributed by atoms with van der Waals surface area (Å²) in [6, 6.07) is 20.9. The zero-order valence-corrected chi connectivity index (χ0v) is 17.9. The molecule has 2 unspecified atom stereocenters. The van der Waals surface area contributed by atoms with Crippen LogP contribution in [-0.2, 0) is 6.54 Å². The van der Waals surface area contributed by atoms with Crippen LogP contribution in [0.15, 0.2) is 90.0 Å². The van der Waals surface area contributed by atoms with Crippen molar-refractivity contribution >= 4 is 5.95 Å². The molecule has 1 aliphatic rings. The van der Waals surface area contributed by atoms with Crippen LogP contribution in [-0.4, -0.2) is 26.2 Å². The number of rotatable bonds is 5. The van der Waals surface area contributed by atoms with Gasteiger partial charge in [-0.3, -0.25) is 14.3 Å². The maximum atomic E-state index is 13.4. The number of halogens is 1. The Labute approximate surface area is 190 Å². The summed E-state index contributed by atoms with van der Waals surface area (Å²) >= 11 is 0. The summed E-state index contributed by atoms with van der Waals surface area (Å²) in [4.78, 5) is 23.9. The van der Waals surface area contributed by atoms with E-state index in [-0.39, 0.29) is 24.0 Å². The Morgan fingerprint density at radius 2 is 1.76 bits per heavy atom. The Kier molecular flexibility index (Phi) is 5.71. The smallest absolute Gasteiger partial charge is 0.255 e. The number of anilines is 1. The molecule has 33 heavy (non-hydrogen) atoms. The molecule has 7 heteroatoms. The third-order valence-corrected chi connectivity index (χ3v) is 6.03. The molecule has 0 bridgehead atoms. The zero-order chi connectivity index (χ0) is 22.8. The maximum Gasteiger partial charge on any atom is 0.255 e. The van der Waals surface area contributed by atoms with Gasteiger partial charge in [0.2, 0.25) is 5.95 Å². The highest BCUT2D eigenvalue weighted by molar-refractivity contribution is 5.60. The molecule has 0 spiro atoms. The Morgan fingerprint density at radius 1 is 1.03 bits per heavy atom. The van der Waals surface area contributed by atoms with E-state index in [0.29, 0.717) is 30.2 Å². The van der Waals surface area contributed by atoms with Crippen LogP contribution in [0.5, 0.6) is 0 Å². The fourth-order valence-corrected chi connectivity index (χ4v) is 4.35. The first-order valence-corrected chi connectivity index (χ1v) is 10.9. The quantitative estimate of drug-likeness (QED) is 0.503. The lowest BCUT2D eigenvalue weighted by Crippen LogP contribution is -2.42. The van der Waals surface area contributed by atoms with E-state index in [1.165, 1.54) is 18.2 Å². The fraction of sp³-hybridized carbons (Fsp3) is 0.192. The van der Waals surface area contributed by atoms with Gasteiger partial charge in [-0.25, -0.2) is 9.37 Å². The molecule has 0 amide bonds. The lowest BCUT2D eigenvalue weighted by molar-refractivity contribution is 0.176. The standard InChI is InChI=1S/C26H23FN4O2/c27-21-8-6-20(7-9-21)24(32)17-31-23(19-4-2-1-3-5-19)12-15-30-25(33)16-22(29-26(30)31)18-10-13-28-14-11-18/h1-11,13-14,16,23-24,32H,12,15,17H2. The zero-order valence-electron chi connectivity index (χ0n) is 17.9. The average molecular weight is 442 g/mol. The molecule has 4 aromatic rings. The number of benzene rings is 2. The number of pyridine rings is 1. The van der Waals surface area contributed by atoms with Crippen LogP contribution in [0.1, 0.15) is 29.7 Å². The normalized spacial score (nSPS) is 16.3. The second-order valence-corrected chi connectivity index (χ2v) is 8.10. The van der Waals surface area contributed by atoms with Gasteiger partial charge in [-0.05, 0) is 41.8 Å². The highest BCUT2D eigenvalue weighted by Crippen LogP contribution is 2.35. The SMILES string of the molecule is O=c1cc(-c2ccncc2)nc2n1CCC(c1ccccc1)N2CC(O)c1ccc(F)cc1. The van der Waals surface area contributed by atoms with Crippen LogP contribution in [0, 0.1) is 5.82 Å². The summed E-state index contributed by atoms with van der Waals surface area (Å²) in [5.41, 5.74) is 2.90. The lowest BCUT2D eigenvalue weighted by atomic mass is 9.99. The van der Waals surface area contributed by atoms with E-state index in [2.05, 4.69) is 4.98 Å². The summed E-state index contributed by atoms with van der Waals surface area (Å²) in [7, 11) is 0. The van der Waals surface area contributed by atoms with E-state index in [1.54, 1.807) is 29.1 Å². The van der Waals surface area contributed by atoms with Crippen LogP contribution in [0.25, 0.3) is 11.3 Å². The number of aromatic nitrogens is 3. The topological polar surface area (TPSA) is 71.2 Å². The van der Waals surface area contributed by atoms with Gasteiger partial charge < -0.3 is 10.0 Å². The van der Waals surface area contributed by atoms with Crippen molar-refractivity contribution in [2.24, 2.45) is 0 Å². The number of hydrogen-bond acceptors (Lipinski definition) is 5. The Bertz CT molecular complexity index is 1290. The highest BCUT2D eigenvalue weighted by atomic mass is 19.1. The third-order valence-electron chi connectivity index (χ3n) is 6.03. The van der Waals surface area contributed by atoms with Crippen molar-refractivity contribution in [1.29, 1.82) is 0 Å². The van der Waals surface area contributed by atoms with Crippen molar-refractivity contribution in [3.05, 3.63) is 112 Å². The van der Waals surface area contributed by atoms with E-state index in [9.17, 15) is 14.3 Å². The Hall–Kier alpha value is -3.84. The predicted molar refractivity (Wildman–Crippen MR) is 124 cm³/mol. The largest absolute Gasteiger partial charge is 0.387 e. The van der Waals surface area contributed by atoms with Gasteiger partial charge in [0.15, 0.2) is 0 Å². The summed E-state index contributed by atoms with van der Waals surface area (Å²) in [5, 5.41) is 11.0. The number of aliphatic hydroxyl groups is 1. The van der Waals surface area contributed by atoms with Gasteiger partial charge in [0.05, 0.1) is 24.4 Å². The predicted octanol–water partition coefficient (Wildman–Crippen LogP) is 4.13. The molecule has 0 saturated carbocycles. The summed E-state index contributed by atoms with van der Waals surface area (Å²) in [5.74, 6) is 0.155. The van der Waals surface area contributed by atoms with Crippen LogP contribution in [0.4, 0.5) is 10.3 Å². The fourth-order valence-electron chi connectivity index (χ4n) is 4.35. The number of hydrogen-bond donors (Lipinski definition) is 1. The van der Waals surface area contributed by atoms with Gasteiger partial charge in [-0.15, -0.1) is 0 Å². The molecule has 2 aromatic heterocycles. The van der Waals surface area contributed by atoms with E-state index in [1.807, 2.05) is 47.4 Å². The summed E-state index contributed by atoms with van der Waals surface area (Å²) in [6.07, 6.45) is 3.14. The van der Waals surface area contributed by atoms with Crippen molar-refractivity contribution in [1.82, 2.24) is 14.5 Å². The van der Waals surface area contributed by atoms with Crippen LogP contribution in [0.2, 0.25) is 0 Å². The molecule has 5 rings (SSSR count). The van der Waals surface area contributed by atoms with Crippen molar-refractivity contribution in [3.8, 4) is 11.3 Å². The van der Waals surface area contributed by atoms with Crippen molar-refractivity contribution in [3.63, 3.8) is 0 Å². The highest BCUT2D eigenvalue weighted by Gasteiger charge is 2.31. The van der Waals surface area contributed by atoms with Crippen LogP contribution < -0.4 is 10.5 Å². The van der Waals surface area contributed by atoms with Crippen LogP contribution >= 0.6 is 0 Å². The first-order valence-electron chi connectivity index (χ1n) is 10.9. The minimum Gasteiger partial charge on any atom is -0.387 e. The molecular weight excluding hydrogens is 419 g/mol. The molecule has 2 aromatic carbocycles. The second-order valence-electron chi connectivity index (χ2n) is 8.10. The molecule has 6 nitrogen and oxygen atoms in total. The molecule has 0 fully saturated rings. The minimum atomic E-state index is -0.884. The number of aliphatic hydroxyl groups excluding tert-OH is 1. The number of fused-ring (bicyclic) bond motifs is 1. The van der Waals surface area contributed by atoms with Gasteiger partial charge in [-0.2, -0.15) is 0 Å². The van der Waals surface area contributed by atoms with Gasteiger partial charge >= 0.3 is 0 Å². The molecule has 1 N–H and O–H groups in total. The molecule has 2 atom stereocenters. The molecule has 0 radical (unpaired) electrons. The van der Waals surface area contributed by atoms with Gasteiger partial charge in [-0.1, -0.05) is 42.5 Å². The molecule has 1 aliphatic heterocycles. The third kappa shape index (κ3) is 4.27. The molecule has 0 saturated heterocycles. The molecule has 166 valence electrons. The van der Waals surface area contributed by atoms with E-state index in [4.69, 9.17) is 4.98 Å². The van der Waals surface area contributed by atoms with Gasteiger partial charge in [0.1, 0.15) is 5.82 Å². The van der Waals surface area contributed by atoms with E-state index < -0.39 is 6.10 Å². The molecular formula is C26H23FN4O2. The molecule has 3 heterocycles. The van der Waals surface area contributed by atoms with Crippen LogP contribution in [0.3, 0.4) is 0 Å². The van der Waals surface area contributed by atoms with E-state index in [0.717, 1.165) is 11.1 Å². The Balaban J connectivity index is 1.59. The monoisotopic (exact) mass is 442 g/mol. The lowest BCUT2D eigenvalue weighted by Gasteiger charge is -2.39. The van der Waals surface area contributed by atoms with Crippen molar-refractivity contribution < 1.29 is 9.50 Å². The maximum absolute atomic E-state index is 13.4. The van der Waals surface area contributed by atoms with Gasteiger partial charge in [0.25, 0.3) is 5.56 Å². The van der Waals surface area contributed by atoms with Crippen molar-refractivity contribution in [2.45, 2.75) is 25.1 Å². The van der Waals surface area contributed by atoms with E-state index >= 15 is 0 Å².